The number of nitrogens with zero attached hydrogens (tertiary/aromatic N) is 2. The molecular weight excluding hydrogens is 288 g/mol. The van der Waals surface area contributed by atoms with Crippen molar-refractivity contribution in [3.05, 3.63) is 0 Å². The largest absolute Gasteiger partial charge is 0.481 e. The van der Waals surface area contributed by atoms with E-state index in [4.69, 9.17) is 5.11 Å². The Hall–Kier alpha value is -0.750. The molecule has 2 fully saturated rings. The van der Waals surface area contributed by atoms with E-state index in [0.29, 0.717) is 6.54 Å². The molecule has 2 heterocycles. The predicted octanol–water partition coefficient (Wildman–Crippen LogP) is 1.67. The Bertz CT molecular complexity index is 357. The first-order valence-corrected chi connectivity index (χ1v) is 9.13. The van der Waals surface area contributed by atoms with Crippen molar-refractivity contribution in [1.29, 1.82) is 0 Å². The zero-order valence-electron chi connectivity index (χ0n) is 12.6. The molecule has 0 saturated carbocycles. The molecule has 1 atom stereocenters. The molecular formula is C15H26N2O3S. The fraction of sp³-hybridized carbons (Fsp3) is 0.867. The SMILES string of the molecule is O=C(O)CC1CSCCN1CC(=O)N1CCCCCCC1. The summed E-state index contributed by atoms with van der Waals surface area (Å²) >= 11 is 1.79. The number of thioether (sulfide) groups is 1. The molecule has 0 aromatic rings. The summed E-state index contributed by atoms with van der Waals surface area (Å²) in [6, 6.07) is -0.0000409. The Morgan fingerprint density at radius 3 is 2.38 bits per heavy atom. The maximum Gasteiger partial charge on any atom is 0.304 e. The second-order valence-electron chi connectivity index (χ2n) is 5.95. The van der Waals surface area contributed by atoms with E-state index in [1.54, 1.807) is 11.8 Å². The molecule has 1 N–H and O–H groups in total. The zero-order chi connectivity index (χ0) is 15.1. The van der Waals surface area contributed by atoms with Gasteiger partial charge in [-0.2, -0.15) is 11.8 Å². The summed E-state index contributed by atoms with van der Waals surface area (Å²) in [5.74, 6) is 1.22. The van der Waals surface area contributed by atoms with Crippen LogP contribution in [0.3, 0.4) is 0 Å². The quantitative estimate of drug-likeness (QED) is 0.855. The highest BCUT2D eigenvalue weighted by molar-refractivity contribution is 7.99. The highest BCUT2D eigenvalue weighted by Gasteiger charge is 2.28. The second-order valence-corrected chi connectivity index (χ2v) is 7.10. The molecule has 6 heteroatoms. The van der Waals surface area contributed by atoms with Gasteiger partial charge in [0.1, 0.15) is 0 Å². The number of carbonyl (C=O) groups is 2. The number of carboxylic acids is 1. The number of carboxylic acid groups (broad SMARTS) is 1. The number of carbonyl (C=O) groups excluding carboxylic acids is 1. The number of likely N-dealkylation sites (tertiary alicyclic amines) is 1. The summed E-state index contributed by atoms with van der Waals surface area (Å²) < 4.78 is 0. The van der Waals surface area contributed by atoms with Crippen LogP contribution in [0.5, 0.6) is 0 Å². The second kappa shape index (κ2) is 8.63. The van der Waals surface area contributed by atoms with Crippen molar-refractivity contribution in [3.63, 3.8) is 0 Å². The molecule has 2 aliphatic rings. The van der Waals surface area contributed by atoms with E-state index in [-0.39, 0.29) is 18.4 Å². The minimum absolute atomic E-state index is 0.0000409. The van der Waals surface area contributed by atoms with Crippen LogP contribution < -0.4 is 0 Å². The summed E-state index contributed by atoms with van der Waals surface area (Å²) in [5, 5.41) is 9.00. The van der Waals surface area contributed by atoms with Gasteiger partial charge < -0.3 is 10.0 Å². The molecule has 5 nitrogen and oxygen atoms in total. The van der Waals surface area contributed by atoms with Crippen molar-refractivity contribution < 1.29 is 14.7 Å². The van der Waals surface area contributed by atoms with Crippen LogP contribution in [0.2, 0.25) is 0 Å². The van der Waals surface area contributed by atoms with Gasteiger partial charge in [0.15, 0.2) is 0 Å². The maximum absolute atomic E-state index is 12.5. The van der Waals surface area contributed by atoms with E-state index < -0.39 is 5.97 Å². The van der Waals surface area contributed by atoms with Crippen LogP contribution in [-0.4, -0.2) is 70.5 Å². The fourth-order valence-electron chi connectivity index (χ4n) is 3.06. The van der Waals surface area contributed by atoms with Gasteiger partial charge in [-0.3, -0.25) is 14.5 Å². The first-order chi connectivity index (χ1) is 10.2. The molecule has 120 valence electrons. The third-order valence-corrected chi connectivity index (χ3v) is 5.40. The monoisotopic (exact) mass is 314 g/mol. The van der Waals surface area contributed by atoms with Gasteiger partial charge in [-0.25, -0.2) is 0 Å². The summed E-state index contributed by atoms with van der Waals surface area (Å²) in [7, 11) is 0. The van der Waals surface area contributed by atoms with Gasteiger partial charge in [0.05, 0.1) is 13.0 Å². The van der Waals surface area contributed by atoms with E-state index in [0.717, 1.165) is 44.0 Å². The third kappa shape index (κ3) is 5.51. The number of amides is 1. The van der Waals surface area contributed by atoms with Crippen LogP contribution in [0.25, 0.3) is 0 Å². The van der Waals surface area contributed by atoms with Crippen LogP contribution in [-0.2, 0) is 9.59 Å². The molecule has 0 aromatic heterocycles. The fourth-order valence-corrected chi connectivity index (χ4v) is 4.19. The van der Waals surface area contributed by atoms with Crippen molar-refractivity contribution >= 4 is 23.6 Å². The molecule has 1 amide bonds. The Kier molecular flexibility index (Phi) is 6.83. The Morgan fingerprint density at radius 2 is 1.71 bits per heavy atom. The zero-order valence-corrected chi connectivity index (χ0v) is 13.4. The van der Waals surface area contributed by atoms with Gasteiger partial charge in [0.2, 0.25) is 5.91 Å². The summed E-state index contributed by atoms with van der Waals surface area (Å²) in [6.45, 7) is 2.94. The summed E-state index contributed by atoms with van der Waals surface area (Å²) in [5.41, 5.74) is 0. The molecule has 1 unspecified atom stereocenters. The standard InChI is InChI=1S/C15H26N2O3S/c18-14(16-6-4-2-1-3-5-7-16)11-17-8-9-21-12-13(17)10-15(19)20/h13H,1-12H2,(H,19,20). The molecule has 0 aromatic carbocycles. The highest BCUT2D eigenvalue weighted by Crippen LogP contribution is 2.19. The first-order valence-electron chi connectivity index (χ1n) is 7.98. The van der Waals surface area contributed by atoms with Crippen molar-refractivity contribution in [2.45, 2.75) is 44.6 Å². The Morgan fingerprint density at radius 1 is 1.05 bits per heavy atom. The highest BCUT2D eigenvalue weighted by atomic mass is 32.2. The van der Waals surface area contributed by atoms with Crippen LogP contribution in [0.1, 0.15) is 38.5 Å². The minimum atomic E-state index is -0.772. The normalized spacial score (nSPS) is 25.1. The van der Waals surface area contributed by atoms with E-state index in [2.05, 4.69) is 4.90 Å². The van der Waals surface area contributed by atoms with Gasteiger partial charge >= 0.3 is 5.97 Å². The molecule has 21 heavy (non-hydrogen) atoms. The van der Waals surface area contributed by atoms with Crippen molar-refractivity contribution in [3.8, 4) is 0 Å². The Labute approximate surface area is 131 Å². The van der Waals surface area contributed by atoms with Gasteiger partial charge in [-0.05, 0) is 12.8 Å². The molecule has 2 aliphatic heterocycles. The van der Waals surface area contributed by atoms with Crippen molar-refractivity contribution in [2.75, 3.05) is 37.7 Å². The minimum Gasteiger partial charge on any atom is -0.481 e. The molecule has 2 rings (SSSR count). The predicted molar refractivity (Wildman–Crippen MR) is 84.6 cm³/mol. The summed E-state index contributed by atoms with van der Waals surface area (Å²) in [4.78, 5) is 27.5. The number of hydrogen-bond donors (Lipinski definition) is 1. The van der Waals surface area contributed by atoms with E-state index in [1.807, 2.05) is 4.90 Å². The smallest absolute Gasteiger partial charge is 0.304 e. The lowest BCUT2D eigenvalue weighted by atomic mass is 10.1. The number of rotatable bonds is 4. The van der Waals surface area contributed by atoms with Gasteiger partial charge in [-0.15, -0.1) is 0 Å². The average Bonchev–Trinajstić information content (AvgIpc) is 2.40. The summed E-state index contributed by atoms with van der Waals surface area (Å²) in [6.07, 6.45) is 6.05. The lowest BCUT2D eigenvalue weighted by molar-refractivity contribution is -0.140. The maximum atomic E-state index is 12.5. The van der Waals surface area contributed by atoms with Gasteiger partial charge in [-0.1, -0.05) is 19.3 Å². The topological polar surface area (TPSA) is 60.9 Å². The molecule has 2 saturated heterocycles. The molecule has 0 bridgehead atoms. The number of aliphatic carboxylic acids is 1. The van der Waals surface area contributed by atoms with Crippen LogP contribution >= 0.6 is 11.8 Å². The number of hydrogen-bond acceptors (Lipinski definition) is 4. The van der Waals surface area contributed by atoms with E-state index >= 15 is 0 Å². The molecule has 0 aliphatic carbocycles. The first kappa shape index (κ1) is 16.6. The average molecular weight is 314 g/mol. The molecule has 0 radical (unpaired) electrons. The van der Waals surface area contributed by atoms with E-state index in [1.165, 1.54) is 19.3 Å². The van der Waals surface area contributed by atoms with E-state index in [9.17, 15) is 9.59 Å². The van der Waals surface area contributed by atoms with Crippen molar-refractivity contribution in [1.82, 2.24) is 9.80 Å². The van der Waals surface area contributed by atoms with Crippen LogP contribution in [0.15, 0.2) is 0 Å². The van der Waals surface area contributed by atoms with Crippen LogP contribution in [0.4, 0.5) is 0 Å². The lowest BCUT2D eigenvalue weighted by Gasteiger charge is -2.35. The third-order valence-electron chi connectivity index (χ3n) is 4.31. The Balaban J connectivity index is 1.87. The molecule has 0 spiro atoms. The van der Waals surface area contributed by atoms with Crippen LogP contribution in [0, 0.1) is 0 Å². The lowest BCUT2D eigenvalue weighted by Crippen LogP contribution is -2.49. The van der Waals surface area contributed by atoms with Crippen molar-refractivity contribution in [2.24, 2.45) is 0 Å². The van der Waals surface area contributed by atoms with Gasteiger partial charge in [0.25, 0.3) is 0 Å². The van der Waals surface area contributed by atoms with Gasteiger partial charge in [0, 0.05) is 37.2 Å².